The van der Waals surface area contributed by atoms with Crippen molar-refractivity contribution in [3.8, 4) is 0 Å². The van der Waals surface area contributed by atoms with Gasteiger partial charge in [0.25, 0.3) is 0 Å². The lowest BCUT2D eigenvalue weighted by Gasteiger charge is -2.08. The minimum atomic E-state index is -0.560. The van der Waals surface area contributed by atoms with Gasteiger partial charge in [0.1, 0.15) is 12.2 Å². The molecule has 7 heteroatoms. The van der Waals surface area contributed by atoms with Gasteiger partial charge >= 0.3 is 11.6 Å². The van der Waals surface area contributed by atoms with Crippen LogP contribution in [0.15, 0.2) is 62.2 Å². The van der Waals surface area contributed by atoms with Crippen molar-refractivity contribution < 1.29 is 18.7 Å². The maximum atomic E-state index is 12.3. The molecule has 0 aliphatic rings. The summed E-state index contributed by atoms with van der Waals surface area (Å²) in [6, 6.07) is 13.0. The van der Waals surface area contributed by atoms with Crippen molar-refractivity contribution in [1.82, 2.24) is 0 Å². The Morgan fingerprint density at radius 1 is 1.15 bits per heavy atom. The normalized spacial score (nSPS) is 10.5. The van der Waals surface area contributed by atoms with Gasteiger partial charge in [0.05, 0.1) is 5.56 Å². The molecule has 0 aliphatic carbocycles. The largest absolute Gasteiger partial charge is 0.457 e. The van der Waals surface area contributed by atoms with Crippen molar-refractivity contribution in [1.29, 1.82) is 0 Å². The standard InChI is InChI=1S/C19H14BrNO5/c1-11(22)21-15-4-2-3-12(7-15)19(24)25-10-13-8-18(23)26-17-9-14(20)5-6-16(13)17/h2-9H,10H2,1H3,(H,21,22). The SMILES string of the molecule is CC(=O)Nc1cccc(C(=O)OCc2cc(=O)oc3cc(Br)ccc23)c1. The monoisotopic (exact) mass is 415 g/mol. The molecule has 3 aromatic rings. The Bertz CT molecular complexity index is 1060. The molecular formula is C19H14BrNO5. The molecule has 132 valence electrons. The van der Waals surface area contributed by atoms with Crippen LogP contribution in [0.25, 0.3) is 11.0 Å². The number of rotatable bonds is 4. The van der Waals surface area contributed by atoms with E-state index in [1.165, 1.54) is 19.1 Å². The van der Waals surface area contributed by atoms with Gasteiger partial charge in [-0.3, -0.25) is 4.79 Å². The highest BCUT2D eigenvalue weighted by Crippen LogP contribution is 2.22. The smallest absolute Gasteiger partial charge is 0.338 e. The number of nitrogens with one attached hydrogen (secondary N) is 1. The number of ether oxygens (including phenoxy) is 1. The second-order valence-corrected chi connectivity index (χ2v) is 6.48. The Hall–Kier alpha value is -2.93. The van der Waals surface area contributed by atoms with E-state index in [-0.39, 0.29) is 12.5 Å². The van der Waals surface area contributed by atoms with E-state index in [0.717, 1.165) is 4.47 Å². The van der Waals surface area contributed by atoms with E-state index < -0.39 is 11.6 Å². The van der Waals surface area contributed by atoms with Crippen LogP contribution in [-0.4, -0.2) is 11.9 Å². The number of halogens is 1. The average Bonchev–Trinajstić information content (AvgIpc) is 2.58. The summed E-state index contributed by atoms with van der Waals surface area (Å²) in [7, 11) is 0. The molecule has 0 bridgehead atoms. The van der Waals surface area contributed by atoms with Crippen molar-refractivity contribution in [2.45, 2.75) is 13.5 Å². The van der Waals surface area contributed by atoms with Crippen LogP contribution >= 0.6 is 15.9 Å². The fourth-order valence-corrected chi connectivity index (χ4v) is 2.82. The quantitative estimate of drug-likeness (QED) is 0.516. The molecule has 2 aromatic carbocycles. The third-order valence-electron chi connectivity index (χ3n) is 3.57. The molecule has 1 aromatic heterocycles. The predicted octanol–water partition coefficient (Wildman–Crippen LogP) is 3.87. The van der Waals surface area contributed by atoms with E-state index in [1.807, 2.05) is 6.07 Å². The predicted molar refractivity (Wildman–Crippen MR) is 100 cm³/mol. The summed E-state index contributed by atoms with van der Waals surface area (Å²) in [6.45, 7) is 1.31. The molecule has 6 nitrogen and oxygen atoms in total. The molecule has 0 aliphatic heterocycles. The molecule has 3 rings (SSSR count). The van der Waals surface area contributed by atoms with E-state index in [4.69, 9.17) is 9.15 Å². The minimum absolute atomic E-state index is 0.0765. The maximum absolute atomic E-state index is 12.3. The van der Waals surface area contributed by atoms with Crippen LogP contribution in [0.1, 0.15) is 22.8 Å². The van der Waals surface area contributed by atoms with Crippen molar-refractivity contribution in [2.75, 3.05) is 5.32 Å². The number of benzene rings is 2. The summed E-state index contributed by atoms with van der Waals surface area (Å²) in [6.07, 6.45) is 0. The molecule has 0 radical (unpaired) electrons. The summed E-state index contributed by atoms with van der Waals surface area (Å²) in [5.41, 5.74) is 1.24. The Morgan fingerprint density at radius 3 is 2.73 bits per heavy atom. The van der Waals surface area contributed by atoms with Crippen LogP contribution in [0.3, 0.4) is 0 Å². The van der Waals surface area contributed by atoms with Gasteiger partial charge < -0.3 is 14.5 Å². The third-order valence-corrected chi connectivity index (χ3v) is 4.06. The van der Waals surface area contributed by atoms with Crippen LogP contribution in [-0.2, 0) is 16.1 Å². The fraction of sp³-hybridized carbons (Fsp3) is 0.105. The van der Waals surface area contributed by atoms with Gasteiger partial charge in [-0.1, -0.05) is 22.0 Å². The van der Waals surface area contributed by atoms with Crippen LogP contribution in [0.5, 0.6) is 0 Å². The lowest BCUT2D eigenvalue weighted by molar-refractivity contribution is -0.114. The number of esters is 1. The highest BCUT2D eigenvalue weighted by Gasteiger charge is 2.12. The van der Waals surface area contributed by atoms with Crippen molar-refractivity contribution in [3.05, 3.63) is 74.6 Å². The fourth-order valence-electron chi connectivity index (χ4n) is 2.48. The number of anilines is 1. The van der Waals surface area contributed by atoms with Gasteiger partial charge in [-0.15, -0.1) is 0 Å². The van der Waals surface area contributed by atoms with Crippen LogP contribution in [0.4, 0.5) is 5.69 Å². The van der Waals surface area contributed by atoms with Gasteiger partial charge in [-0.2, -0.15) is 0 Å². The zero-order chi connectivity index (χ0) is 18.7. The molecule has 0 unspecified atom stereocenters. The molecule has 26 heavy (non-hydrogen) atoms. The van der Waals surface area contributed by atoms with E-state index >= 15 is 0 Å². The van der Waals surface area contributed by atoms with Gasteiger partial charge in [0, 0.05) is 34.1 Å². The molecule has 0 atom stereocenters. The first-order valence-corrected chi connectivity index (χ1v) is 8.49. The number of hydrogen-bond acceptors (Lipinski definition) is 5. The van der Waals surface area contributed by atoms with Gasteiger partial charge in [0.15, 0.2) is 0 Å². The molecule has 0 spiro atoms. The summed E-state index contributed by atoms with van der Waals surface area (Å²) < 4.78 is 11.3. The summed E-state index contributed by atoms with van der Waals surface area (Å²) in [4.78, 5) is 35.1. The number of amides is 1. The topological polar surface area (TPSA) is 85.6 Å². The Morgan fingerprint density at radius 2 is 1.96 bits per heavy atom. The molecule has 0 saturated carbocycles. The van der Waals surface area contributed by atoms with E-state index in [2.05, 4.69) is 21.2 Å². The van der Waals surface area contributed by atoms with E-state index in [1.54, 1.807) is 30.3 Å². The number of carbonyl (C=O) groups is 2. The second-order valence-electron chi connectivity index (χ2n) is 5.57. The van der Waals surface area contributed by atoms with E-state index in [0.29, 0.717) is 27.8 Å². The maximum Gasteiger partial charge on any atom is 0.338 e. The average molecular weight is 416 g/mol. The molecule has 0 fully saturated rings. The number of carbonyl (C=O) groups excluding carboxylic acids is 2. The lowest BCUT2D eigenvalue weighted by atomic mass is 10.1. The minimum Gasteiger partial charge on any atom is -0.457 e. The molecule has 0 saturated heterocycles. The van der Waals surface area contributed by atoms with Crippen LogP contribution < -0.4 is 10.9 Å². The highest BCUT2D eigenvalue weighted by atomic mass is 79.9. The molecular weight excluding hydrogens is 402 g/mol. The summed E-state index contributed by atoms with van der Waals surface area (Å²) >= 11 is 3.32. The zero-order valence-corrected chi connectivity index (χ0v) is 15.3. The van der Waals surface area contributed by atoms with Crippen molar-refractivity contribution >= 4 is 44.5 Å². The molecule has 1 amide bonds. The summed E-state index contributed by atoms with van der Waals surface area (Å²) in [5.74, 6) is -0.792. The van der Waals surface area contributed by atoms with Crippen molar-refractivity contribution in [3.63, 3.8) is 0 Å². The van der Waals surface area contributed by atoms with Crippen LogP contribution in [0, 0.1) is 0 Å². The first-order chi connectivity index (χ1) is 12.4. The Labute approximate surface area is 156 Å². The highest BCUT2D eigenvalue weighted by molar-refractivity contribution is 9.10. The zero-order valence-electron chi connectivity index (χ0n) is 13.7. The van der Waals surface area contributed by atoms with Gasteiger partial charge in [-0.25, -0.2) is 9.59 Å². The van der Waals surface area contributed by atoms with Crippen LogP contribution in [0.2, 0.25) is 0 Å². The Balaban J connectivity index is 1.81. The first kappa shape index (κ1) is 17.9. The lowest BCUT2D eigenvalue weighted by Crippen LogP contribution is -2.10. The summed E-state index contributed by atoms with van der Waals surface area (Å²) in [5, 5.41) is 3.29. The van der Waals surface area contributed by atoms with Gasteiger partial charge in [-0.05, 0) is 36.4 Å². The van der Waals surface area contributed by atoms with Gasteiger partial charge in [0.2, 0.25) is 5.91 Å². The molecule has 1 N–H and O–H groups in total. The number of fused-ring (bicyclic) bond motifs is 1. The second kappa shape index (κ2) is 7.53. The van der Waals surface area contributed by atoms with Crippen molar-refractivity contribution in [2.24, 2.45) is 0 Å². The van der Waals surface area contributed by atoms with E-state index in [9.17, 15) is 14.4 Å². The molecule has 1 heterocycles. The Kier molecular flexibility index (Phi) is 5.18. The third kappa shape index (κ3) is 4.18. The first-order valence-electron chi connectivity index (χ1n) is 7.69. The number of hydrogen-bond donors (Lipinski definition) is 1.